The maximum absolute atomic E-state index is 11.9. The van der Waals surface area contributed by atoms with Crippen LogP contribution < -0.4 is 10.6 Å². The molecule has 0 heterocycles. The molecule has 6 heteroatoms. The van der Waals surface area contributed by atoms with Crippen LogP contribution in [0, 0.1) is 6.92 Å². The quantitative estimate of drug-likeness (QED) is 0.379. The number of aryl methyl sites for hydroxylation is 1. The Labute approximate surface area is 179 Å². The summed E-state index contributed by atoms with van der Waals surface area (Å²) < 4.78 is 0. The summed E-state index contributed by atoms with van der Waals surface area (Å²) in [6.07, 6.45) is 0.947. The van der Waals surface area contributed by atoms with E-state index in [4.69, 9.17) is 0 Å². The van der Waals surface area contributed by atoms with E-state index in [1.165, 1.54) is 11.1 Å². The van der Waals surface area contributed by atoms with Gasteiger partial charge in [-0.1, -0.05) is 42.0 Å². The molecule has 0 unspecified atom stereocenters. The Bertz CT molecular complexity index is 740. The first-order valence-corrected chi connectivity index (χ1v) is 8.80. The van der Waals surface area contributed by atoms with E-state index in [1.807, 2.05) is 24.3 Å². The highest BCUT2D eigenvalue weighted by Gasteiger charge is 2.07. The van der Waals surface area contributed by atoms with E-state index in [9.17, 15) is 4.79 Å². The van der Waals surface area contributed by atoms with Crippen LogP contribution in [0.15, 0.2) is 53.5 Å². The average molecular weight is 480 g/mol. The van der Waals surface area contributed by atoms with Crippen LogP contribution in [0.1, 0.15) is 27.0 Å². The van der Waals surface area contributed by atoms with E-state index in [1.54, 1.807) is 26.0 Å². The molecule has 27 heavy (non-hydrogen) atoms. The van der Waals surface area contributed by atoms with Crippen LogP contribution in [0.4, 0.5) is 0 Å². The number of guanidine groups is 1. The number of halogens is 1. The Balaban J connectivity index is 0.00000364. The maximum atomic E-state index is 11.9. The van der Waals surface area contributed by atoms with Gasteiger partial charge in [0.1, 0.15) is 0 Å². The summed E-state index contributed by atoms with van der Waals surface area (Å²) in [5.74, 6) is 0.781. The second kappa shape index (κ2) is 11.6. The fraction of sp³-hybridized carbons (Fsp3) is 0.333. The summed E-state index contributed by atoms with van der Waals surface area (Å²) in [6, 6.07) is 16.2. The summed E-state index contributed by atoms with van der Waals surface area (Å²) >= 11 is 0. The van der Waals surface area contributed by atoms with Gasteiger partial charge in [0, 0.05) is 39.8 Å². The van der Waals surface area contributed by atoms with Gasteiger partial charge >= 0.3 is 0 Å². The molecule has 2 aromatic carbocycles. The van der Waals surface area contributed by atoms with E-state index < -0.39 is 0 Å². The second-order valence-electron chi connectivity index (χ2n) is 6.48. The standard InChI is InChI=1S/C21H28N4O.HI/c1-16-5-7-17(8-6-16)13-14-23-21(22-2)24-15-18-9-11-19(12-10-18)20(26)25(3)4;/h5-12H,13-15H2,1-4H3,(H2,22,23,24);1H. The lowest BCUT2D eigenvalue weighted by Crippen LogP contribution is -2.37. The molecule has 0 saturated heterocycles. The van der Waals surface area contributed by atoms with Crippen molar-refractivity contribution in [2.45, 2.75) is 19.9 Å². The normalized spacial score (nSPS) is 10.7. The highest BCUT2D eigenvalue weighted by Crippen LogP contribution is 2.06. The van der Waals surface area contributed by atoms with Gasteiger partial charge in [0.25, 0.3) is 5.91 Å². The molecule has 2 N–H and O–H groups in total. The monoisotopic (exact) mass is 480 g/mol. The Hall–Kier alpha value is -2.09. The minimum Gasteiger partial charge on any atom is -0.356 e. The second-order valence-corrected chi connectivity index (χ2v) is 6.48. The van der Waals surface area contributed by atoms with E-state index in [0.717, 1.165) is 24.5 Å². The minimum absolute atomic E-state index is 0. The minimum atomic E-state index is 0. The van der Waals surface area contributed by atoms with Crippen molar-refractivity contribution in [3.05, 3.63) is 70.8 Å². The number of nitrogens with zero attached hydrogens (tertiary/aromatic N) is 2. The topological polar surface area (TPSA) is 56.7 Å². The third-order valence-corrected chi connectivity index (χ3v) is 4.12. The molecule has 0 bridgehead atoms. The molecule has 2 rings (SSSR count). The van der Waals surface area contributed by atoms with Crippen molar-refractivity contribution >= 4 is 35.8 Å². The molecule has 0 saturated carbocycles. The first-order valence-electron chi connectivity index (χ1n) is 8.80. The maximum Gasteiger partial charge on any atom is 0.253 e. The number of hydrogen-bond donors (Lipinski definition) is 2. The first-order chi connectivity index (χ1) is 12.5. The Morgan fingerprint density at radius 1 is 0.963 bits per heavy atom. The van der Waals surface area contributed by atoms with Gasteiger partial charge < -0.3 is 15.5 Å². The lowest BCUT2D eigenvalue weighted by Gasteiger charge is -2.13. The number of carbonyl (C=O) groups excluding carboxylic acids is 1. The zero-order valence-electron chi connectivity index (χ0n) is 16.5. The van der Waals surface area contributed by atoms with Crippen molar-refractivity contribution in [1.29, 1.82) is 0 Å². The SMILES string of the molecule is CN=C(NCCc1ccc(C)cc1)NCc1ccc(C(=O)N(C)C)cc1.I. The van der Waals surface area contributed by atoms with Gasteiger partial charge in [-0.3, -0.25) is 9.79 Å². The molecule has 1 amide bonds. The molecule has 146 valence electrons. The molecule has 0 aliphatic rings. The fourth-order valence-electron chi connectivity index (χ4n) is 2.51. The summed E-state index contributed by atoms with van der Waals surface area (Å²) in [5, 5.41) is 6.62. The predicted molar refractivity (Wildman–Crippen MR) is 123 cm³/mol. The summed E-state index contributed by atoms with van der Waals surface area (Å²) in [5.41, 5.74) is 4.37. The molecular weight excluding hydrogens is 451 g/mol. The van der Waals surface area contributed by atoms with Gasteiger partial charge in [0.2, 0.25) is 0 Å². The average Bonchev–Trinajstić information content (AvgIpc) is 2.65. The zero-order chi connectivity index (χ0) is 18.9. The molecule has 5 nitrogen and oxygen atoms in total. The van der Waals surface area contributed by atoms with E-state index in [0.29, 0.717) is 12.1 Å². The van der Waals surface area contributed by atoms with Gasteiger partial charge in [-0.2, -0.15) is 0 Å². The van der Waals surface area contributed by atoms with Crippen LogP contribution in [0.5, 0.6) is 0 Å². The molecule has 0 aliphatic carbocycles. The number of nitrogens with one attached hydrogen (secondary N) is 2. The van der Waals surface area contributed by atoms with Crippen LogP contribution >= 0.6 is 24.0 Å². The Morgan fingerprint density at radius 2 is 1.56 bits per heavy atom. The molecule has 0 atom stereocenters. The third kappa shape index (κ3) is 7.58. The van der Waals surface area contributed by atoms with Crippen molar-refractivity contribution < 1.29 is 4.79 Å². The van der Waals surface area contributed by atoms with Crippen LogP contribution in [-0.4, -0.2) is 44.5 Å². The summed E-state index contributed by atoms with van der Waals surface area (Å²) in [7, 11) is 5.27. The van der Waals surface area contributed by atoms with Crippen LogP contribution in [0.2, 0.25) is 0 Å². The molecule has 0 aromatic heterocycles. The molecular formula is C21H29IN4O. The smallest absolute Gasteiger partial charge is 0.253 e. The van der Waals surface area contributed by atoms with Gasteiger partial charge in [0.15, 0.2) is 5.96 Å². The summed E-state index contributed by atoms with van der Waals surface area (Å²) in [6.45, 7) is 3.57. The third-order valence-electron chi connectivity index (χ3n) is 4.12. The molecule has 2 aromatic rings. The Kier molecular flexibility index (Phi) is 9.85. The van der Waals surface area contributed by atoms with E-state index in [-0.39, 0.29) is 29.9 Å². The summed E-state index contributed by atoms with van der Waals surface area (Å²) in [4.78, 5) is 17.7. The molecule has 0 aliphatic heterocycles. The lowest BCUT2D eigenvalue weighted by molar-refractivity contribution is 0.0827. The van der Waals surface area contributed by atoms with Crippen molar-refractivity contribution in [3.63, 3.8) is 0 Å². The van der Waals surface area contributed by atoms with Crippen LogP contribution in [0.3, 0.4) is 0 Å². The lowest BCUT2D eigenvalue weighted by atomic mass is 10.1. The fourth-order valence-corrected chi connectivity index (χ4v) is 2.51. The van der Waals surface area contributed by atoms with Gasteiger partial charge in [-0.15, -0.1) is 24.0 Å². The van der Waals surface area contributed by atoms with Crippen molar-refractivity contribution in [2.75, 3.05) is 27.7 Å². The number of benzene rings is 2. The highest BCUT2D eigenvalue weighted by molar-refractivity contribution is 14.0. The van der Waals surface area contributed by atoms with Crippen LogP contribution in [0.25, 0.3) is 0 Å². The van der Waals surface area contributed by atoms with Crippen molar-refractivity contribution in [2.24, 2.45) is 4.99 Å². The molecule has 0 fully saturated rings. The first kappa shape index (κ1) is 23.0. The van der Waals surface area contributed by atoms with Gasteiger partial charge in [-0.25, -0.2) is 0 Å². The number of aliphatic imine (C=N–C) groups is 1. The molecule has 0 spiro atoms. The number of rotatable bonds is 6. The predicted octanol–water partition coefficient (Wildman–Crippen LogP) is 3.22. The number of hydrogen-bond acceptors (Lipinski definition) is 2. The molecule has 0 radical (unpaired) electrons. The number of amides is 1. The number of carbonyl (C=O) groups is 1. The van der Waals surface area contributed by atoms with Crippen molar-refractivity contribution in [3.8, 4) is 0 Å². The van der Waals surface area contributed by atoms with Crippen LogP contribution in [-0.2, 0) is 13.0 Å². The Morgan fingerprint density at radius 3 is 2.11 bits per heavy atom. The van der Waals surface area contributed by atoms with E-state index >= 15 is 0 Å². The highest BCUT2D eigenvalue weighted by atomic mass is 127. The van der Waals surface area contributed by atoms with Crippen molar-refractivity contribution in [1.82, 2.24) is 15.5 Å². The van der Waals surface area contributed by atoms with Gasteiger partial charge in [0.05, 0.1) is 0 Å². The zero-order valence-corrected chi connectivity index (χ0v) is 18.8. The van der Waals surface area contributed by atoms with Gasteiger partial charge in [-0.05, 0) is 36.6 Å². The van der Waals surface area contributed by atoms with E-state index in [2.05, 4.69) is 46.8 Å². The largest absolute Gasteiger partial charge is 0.356 e.